The van der Waals surface area contributed by atoms with Crippen LogP contribution in [0.5, 0.6) is 0 Å². The minimum absolute atomic E-state index is 0.275. The Hall–Kier alpha value is -2.25. The normalized spacial score (nSPS) is 9.52. The summed E-state index contributed by atoms with van der Waals surface area (Å²) in [5, 5.41) is 23.1. The molecule has 0 unspecified atom stereocenters. The van der Waals surface area contributed by atoms with E-state index in [4.69, 9.17) is 27.1 Å². The Morgan fingerprint density at radius 1 is 0.727 bits per heavy atom. The highest BCUT2D eigenvalue weighted by molar-refractivity contribution is 5.76. The molecule has 0 aliphatic rings. The van der Waals surface area contributed by atoms with Crippen LogP contribution in [0.3, 0.4) is 0 Å². The highest BCUT2D eigenvalue weighted by Gasteiger charge is 1.98. The smallest absolute Gasteiger partial charge is 0.303 e. The number of nitrogens with two attached hydrogens (primary N) is 2. The van der Waals surface area contributed by atoms with Gasteiger partial charge in [-0.15, -0.1) is 0 Å². The van der Waals surface area contributed by atoms with Crippen LogP contribution in [-0.4, -0.2) is 41.0 Å². The van der Waals surface area contributed by atoms with Crippen molar-refractivity contribution in [3.63, 3.8) is 0 Å². The number of rotatable bonds is 11. The van der Waals surface area contributed by atoms with Crippen LogP contribution in [0.4, 0.5) is 0 Å². The number of carboxylic acid groups (broad SMARTS) is 1. The molecule has 1 rings (SSSR count). The van der Waals surface area contributed by atoms with Crippen LogP contribution in [0.2, 0.25) is 0 Å². The lowest BCUT2D eigenvalue weighted by Gasteiger charge is -2.02. The van der Waals surface area contributed by atoms with Crippen molar-refractivity contribution in [3.8, 4) is 0 Å². The molecule has 264 valence electrons. The predicted octanol–water partition coefficient (Wildman–Crippen LogP) is 9.24. The molecule has 0 bridgehead atoms. The fourth-order valence-electron chi connectivity index (χ4n) is 2.45. The molecule has 1 aromatic carbocycles. The molecule has 7 nitrogen and oxygen atoms in total. The molecule has 7 N–H and O–H groups in total. The van der Waals surface area contributed by atoms with Gasteiger partial charge in [0.25, 0.3) is 0 Å². The lowest BCUT2D eigenvalue weighted by molar-refractivity contribution is -0.137. The fourth-order valence-corrected chi connectivity index (χ4v) is 2.45. The molecular formula is C37H77N3O4. The Morgan fingerprint density at radius 3 is 1.25 bits per heavy atom. The molecule has 0 spiro atoms. The van der Waals surface area contributed by atoms with Crippen LogP contribution < -0.4 is 11.5 Å². The summed E-state index contributed by atoms with van der Waals surface area (Å²) in [6.07, 6.45) is 3.98. The number of benzene rings is 1. The minimum atomic E-state index is -0.713. The maximum atomic E-state index is 10.3. The second-order valence-electron chi connectivity index (χ2n) is 13.0. The van der Waals surface area contributed by atoms with E-state index in [0.717, 1.165) is 31.7 Å². The van der Waals surface area contributed by atoms with Crippen molar-refractivity contribution in [2.75, 3.05) is 13.2 Å². The van der Waals surface area contributed by atoms with E-state index in [1.54, 1.807) is 6.92 Å². The Kier molecular flexibility index (Phi) is 50.2. The van der Waals surface area contributed by atoms with Gasteiger partial charge in [0.1, 0.15) is 5.78 Å². The van der Waals surface area contributed by atoms with Crippen molar-refractivity contribution in [1.82, 2.24) is 0 Å². The summed E-state index contributed by atoms with van der Waals surface area (Å²) in [6, 6.07) is 10.6. The molecule has 7 heteroatoms. The van der Waals surface area contributed by atoms with E-state index in [2.05, 4.69) is 71.9 Å². The van der Waals surface area contributed by atoms with Crippen LogP contribution in [0.1, 0.15) is 135 Å². The molecular weight excluding hydrogens is 550 g/mol. The molecule has 0 heterocycles. The number of carbonyl (C=O) groups excluding carboxylic acids is 1. The van der Waals surface area contributed by atoms with Gasteiger partial charge in [0.15, 0.2) is 0 Å². The summed E-state index contributed by atoms with van der Waals surface area (Å²) in [4.78, 5) is 20.1. The number of hydrogen-bond donors (Lipinski definition) is 5. The van der Waals surface area contributed by atoms with Crippen LogP contribution in [-0.2, 0) is 16.0 Å². The SMILES string of the molecule is CC.CC(=O)CC(C)C.CC(C)CC(=O)O.CC(C)CCC(=N)N.CC(C)CN.CC(C)CO.CC(C)Cc1ccccc1. The van der Waals surface area contributed by atoms with E-state index >= 15 is 0 Å². The monoisotopic (exact) mass is 628 g/mol. The average Bonchev–Trinajstić information content (AvgIpc) is 2.89. The number of carbonyl (C=O) groups is 2. The third-order valence-electron chi connectivity index (χ3n) is 4.59. The fraction of sp³-hybridized carbons (Fsp3) is 0.757. The molecule has 1 aromatic rings. The topological polar surface area (TPSA) is 150 Å². The molecule has 0 atom stereocenters. The number of carboxylic acids is 1. The quantitative estimate of drug-likeness (QED) is 0.122. The van der Waals surface area contributed by atoms with Gasteiger partial charge in [-0.3, -0.25) is 10.2 Å². The summed E-state index contributed by atoms with van der Waals surface area (Å²) >= 11 is 0. The summed E-state index contributed by atoms with van der Waals surface area (Å²) < 4.78 is 0. The Bertz CT molecular complexity index is 689. The highest BCUT2D eigenvalue weighted by Crippen LogP contribution is 2.06. The van der Waals surface area contributed by atoms with Crippen molar-refractivity contribution in [3.05, 3.63) is 35.9 Å². The van der Waals surface area contributed by atoms with E-state index in [0.29, 0.717) is 36.1 Å². The summed E-state index contributed by atoms with van der Waals surface area (Å²) in [5.41, 5.74) is 11.7. The molecule has 0 saturated heterocycles. The first-order valence-electron chi connectivity index (χ1n) is 16.6. The van der Waals surface area contributed by atoms with Crippen LogP contribution in [0, 0.1) is 40.9 Å². The Labute approximate surface area is 274 Å². The number of ketones is 1. The van der Waals surface area contributed by atoms with Crippen molar-refractivity contribution in [2.24, 2.45) is 47.0 Å². The van der Waals surface area contributed by atoms with Gasteiger partial charge in [0.2, 0.25) is 0 Å². The van der Waals surface area contributed by atoms with E-state index < -0.39 is 5.97 Å². The second-order valence-corrected chi connectivity index (χ2v) is 13.0. The lowest BCUT2D eigenvalue weighted by atomic mass is 10.0. The van der Waals surface area contributed by atoms with Crippen LogP contribution in [0.25, 0.3) is 0 Å². The van der Waals surface area contributed by atoms with Crippen LogP contribution >= 0.6 is 0 Å². The molecule has 0 aromatic heterocycles. The number of aliphatic hydroxyl groups excluding tert-OH is 1. The van der Waals surface area contributed by atoms with Gasteiger partial charge >= 0.3 is 5.97 Å². The van der Waals surface area contributed by atoms with Gasteiger partial charge in [-0.05, 0) is 67.4 Å². The summed E-state index contributed by atoms with van der Waals surface area (Å²) in [7, 11) is 0. The number of Topliss-reactive ketones (excluding diaryl/α,β-unsaturated/α-hetero) is 1. The first-order valence-corrected chi connectivity index (χ1v) is 16.6. The van der Waals surface area contributed by atoms with Crippen molar-refractivity contribution < 1.29 is 19.8 Å². The highest BCUT2D eigenvalue weighted by atomic mass is 16.4. The Morgan fingerprint density at radius 2 is 1.11 bits per heavy atom. The zero-order valence-electron chi connectivity index (χ0n) is 31.7. The van der Waals surface area contributed by atoms with Gasteiger partial charge in [-0.2, -0.15) is 0 Å². The van der Waals surface area contributed by atoms with E-state index in [9.17, 15) is 9.59 Å². The van der Waals surface area contributed by atoms with Crippen LogP contribution in [0.15, 0.2) is 30.3 Å². The molecule has 0 radical (unpaired) electrons. The largest absolute Gasteiger partial charge is 0.481 e. The van der Waals surface area contributed by atoms with E-state index in [1.165, 1.54) is 12.0 Å². The summed E-state index contributed by atoms with van der Waals surface area (Å²) in [6.45, 7) is 31.5. The third kappa shape index (κ3) is 83.4. The average molecular weight is 628 g/mol. The molecule has 0 saturated carbocycles. The lowest BCUT2D eigenvalue weighted by Crippen LogP contribution is -2.09. The molecule has 44 heavy (non-hydrogen) atoms. The number of aliphatic hydroxyl groups is 1. The molecule has 0 aliphatic heterocycles. The summed E-state index contributed by atoms with van der Waals surface area (Å²) in [5.74, 6) is 3.21. The molecule has 0 fully saturated rings. The van der Waals surface area contributed by atoms with E-state index in [1.807, 2.05) is 55.4 Å². The second kappa shape index (κ2) is 40.8. The Balaban J connectivity index is -0.0000000990. The number of nitrogens with one attached hydrogen (secondary N) is 1. The first kappa shape index (κ1) is 54.2. The molecule has 0 aliphatic carbocycles. The van der Waals surface area contributed by atoms with Gasteiger partial charge in [0.05, 0.1) is 5.84 Å². The van der Waals surface area contributed by atoms with Crippen molar-refractivity contribution in [1.29, 1.82) is 5.41 Å². The van der Waals surface area contributed by atoms with Gasteiger partial charge in [-0.25, -0.2) is 0 Å². The first-order chi connectivity index (χ1) is 20.2. The number of aliphatic carboxylic acids is 1. The van der Waals surface area contributed by atoms with E-state index in [-0.39, 0.29) is 18.1 Å². The zero-order chi connectivity index (χ0) is 36.3. The zero-order valence-corrected chi connectivity index (χ0v) is 31.7. The van der Waals surface area contributed by atoms with Crippen molar-refractivity contribution in [2.45, 2.75) is 136 Å². The standard InChI is InChI=1S/C10H14.C6H14N2.C6H12O.C5H10O2.C4H11N.C4H10O.C2H6/c1-9(2)8-10-6-4-3-5-7-10;1-5(2)3-4-6(7)8;1-5(2)4-6(3)7;1-4(2)3-5(6)7;2*1-4(2)3-5;1-2/h3-7,9H,8H2,1-2H3;5H,3-4H2,1-2H3,(H3,7,8);5H,4H2,1-3H3;4H,3H2,1-2H3,(H,6,7);4H,3,5H2,1-2H3;4-5H,3H2,1-2H3;1-2H3. The number of hydrogen-bond acceptors (Lipinski definition) is 5. The van der Waals surface area contributed by atoms with Gasteiger partial charge in [0, 0.05) is 25.9 Å². The minimum Gasteiger partial charge on any atom is -0.481 e. The number of amidine groups is 1. The van der Waals surface area contributed by atoms with Crippen molar-refractivity contribution >= 4 is 17.6 Å². The third-order valence-corrected chi connectivity index (χ3v) is 4.59. The van der Waals surface area contributed by atoms with Gasteiger partial charge in [-0.1, -0.05) is 127 Å². The van der Waals surface area contributed by atoms with Gasteiger partial charge < -0.3 is 26.5 Å². The maximum absolute atomic E-state index is 10.3. The predicted molar refractivity (Wildman–Crippen MR) is 195 cm³/mol. The molecule has 0 amide bonds. The maximum Gasteiger partial charge on any atom is 0.303 e.